The predicted molar refractivity (Wildman–Crippen MR) is 98.5 cm³/mol. The predicted octanol–water partition coefficient (Wildman–Crippen LogP) is 3.20. The van der Waals surface area contributed by atoms with Gasteiger partial charge in [-0.3, -0.25) is 9.78 Å². The number of hydrogen-bond acceptors (Lipinski definition) is 7. The van der Waals surface area contributed by atoms with Gasteiger partial charge in [-0.1, -0.05) is 6.07 Å². The van der Waals surface area contributed by atoms with Crippen molar-refractivity contribution in [3.63, 3.8) is 0 Å². The molecule has 0 aromatic carbocycles. The van der Waals surface area contributed by atoms with Gasteiger partial charge >= 0.3 is 0 Å². The van der Waals surface area contributed by atoms with E-state index in [1.165, 1.54) is 6.39 Å². The first-order valence-electron chi connectivity index (χ1n) is 8.86. The third kappa shape index (κ3) is 3.38. The van der Waals surface area contributed by atoms with Gasteiger partial charge in [-0.05, 0) is 38.8 Å². The fourth-order valence-electron chi connectivity index (χ4n) is 3.36. The zero-order chi connectivity index (χ0) is 18.8. The van der Waals surface area contributed by atoms with Crippen LogP contribution in [0.3, 0.4) is 0 Å². The van der Waals surface area contributed by atoms with Crippen molar-refractivity contribution in [2.24, 2.45) is 0 Å². The molecule has 138 valence electrons. The minimum atomic E-state index is -0.172. The van der Waals surface area contributed by atoms with Crippen molar-refractivity contribution < 1.29 is 9.21 Å². The highest BCUT2D eigenvalue weighted by atomic mass is 16.3. The van der Waals surface area contributed by atoms with Crippen LogP contribution in [-0.4, -0.2) is 37.3 Å². The van der Waals surface area contributed by atoms with Gasteiger partial charge in [0.1, 0.15) is 17.3 Å². The third-order valence-corrected chi connectivity index (χ3v) is 4.64. The molecule has 0 unspecified atom stereocenters. The summed E-state index contributed by atoms with van der Waals surface area (Å²) in [7, 11) is 0. The van der Waals surface area contributed by atoms with Crippen LogP contribution < -0.4 is 5.32 Å². The Morgan fingerprint density at radius 3 is 2.85 bits per heavy atom. The molecule has 8 heteroatoms. The molecule has 3 aromatic rings. The number of pyridine rings is 1. The molecule has 4 heterocycles. The molecule has 0 radical (unpaired) electrons. The molecule has 0 spiro atoms. The highest BCUT2D eigenvalue weighted by Gasteiger charge is 2.35. The van der Waals surface area contributed by atoms with Crippen LogP contribution in [0.2, 0.25) is 0 Å². The number of nitrogens with zero attached hydrogens (tertiary/aromatic N) is 5. The first-order chi connectivity index (χ1) is 13.1. The first kappa shape index (κ1) is 17.1. The number of rotatable bonds is 4. The van der Waals surface area contributed by atoms with E-state index >= 15 is 0 Å². The number of aromatic nitrogens is 4. The zero-order valence-corrected chi connectivity index (χ0v) is 15.2. The molecule has 0 bridgehead atoms. The van der Waals surface area contributed by atoms with Gasteiger partial charge in [0, 0.05) is 24.6 Å². The largest absolute Gasteiger partial charge is 0.448 e. The Morgan fingerprint density at radius 1 is 1.22 bits per heavy atom. The molecule has 0 saturated carbocycles. The summed E-state index contributed by atoms with van der Waals surface area (Å²) in [5, 5.41) is 3.24. The lowest BCUT2D eigenvalue weighted by atomic mass is 10.1. The van der Waals surface area contributed by atoms with Gasteiger partial charge in [0.05, 0.1) is 6.04 Å². The quantitative estimate of drug-likeness (QED) is 0.759. The summed E-state index contributed by atoms with van der Waals surface area (Å²) in [6.07, 6.45) is 6.28. The van der Waals surface area contributed by atoms with Crippen molar-refractivity contribution in [1.29, 1.82) is 0 Å². The van der Waals surface area contributed by atoms with E-state index in [1.807, 2.05) is 25.1 Å². The molecule has 1 aliphatic heterocycles. The number of aryl methyl sites for hydroxylation is 2. The van der Waals surface area contributed by atoms with Crippen LogP contribution >= 0.6 is 0 Å². The lowest BCUT2D eigenvalue weighted by Gasteiger charge is -2.25. The minimum Gasteiger partial charge on any atom is -0.448 e. The number of likely N-dealkylation sites (tertiary alicyclic amines) is 1. The van der Waals surface area contributed by atoms with Crippen LogP contribution in [0.5, 0.6) is 0 Å². The van der Waals surface area contributed by atoms with E-state index in [0.29, 0.717) is 29.6 Å². The van der Waals surface area contributed by atoms with Gasteiger partial charge in [0.2, 0.25) is 0 Å². The smallest absolute Gasteiger partial charge is 0.276 e. The second kappa shape index (κ2) is 7.14. The summed E-state index contributed by atoms with van der Waals surface area (Å²) in [6.45, 7) is 4.32. The SMILES string of the molecule is Cc1cccc(Nc2nccnc2[C@H]2CCCN2C(=O)c2ncoc2C)n1. The second-order valence-corrected chi connectivity index (χ2v) is 6.49. The summed E-state index contributed by atoms with van der Waals surface area (Å²) in [5.74, 6) is 1.68. The zero-order valence-electron chi connectivity index (χ0n) is 15.2. The number of amides is 1. The van der Waals surface area contributed by atoms with Crippen molar-refractivity contribution in [1.82, 2.24) is 24.8 Å². The second-order valence-electron chi connectivity index (χ2n) is 6.49. The Morgan fingerprint density at radius 2 is 2.07 bits per heavy atom. The third-order valence-electron chi connectivity index (χ3n) is 4.64. The lowest BCUT2D eigenvalue weighted by molar-refractivity contribution is 0.0726. The van der Waals surface area contributed by atoms with Crippen LogP contribution in [0, 0.1) is 13.8 Å². The molecule has 1 amide bonds. The average molecular weight is 364 g/mol. The van der Waals surface area contributed by atoms with Gasteiger partial charge in [-0.15, -0.1) is 0 Å². The standard InChI is InChI=1S/C19H20N6O2/c1-12-5-3-7-15(23-12)24-18-17(20-8-9-21-18)14-6-4-10-25(14)19(26)16-13(2)27-11-22-16/h3,5,7-9,11,14H,4,6,10H2,1-2H3,(H,21,23,24)/t14-/m1/s1. The number of nitrogens with one attached hydrogen (secondary N) is 1. The van der Waals surface area contributed by atoms with Gasteiger partial charge < -0.3 is 14.6 Å². The maximum absolute atomic E-state index is 12.9. The first-order valence-corrected chi connectivity index (χ1v) is 8.86. The summed E-state index contributed by atoms with van der Waals surface area (Å²) in [6, 6.07) is 5.57. The van der Waals surface area contributed by atoms with E-state index < -0.39 is 0 Å². The molecule has 8 nitrogen and oxygen atoms in total. The highest BCUT2D eigenvalue weighted by Crippen LogP contribution is 2.35. The molecule has 4 rings (SSSR count). The minimum absolute atomic E-state index is 0.144. The maximum atomic E-state index is 12.9. The molecule has 0 aliphatic carbocycles. The number of hydrogen-bond donors (Lipinski definition) is 1. The molecule has 3 aromatic heterocycles. The number of carbonyl (C=O) groups is 1. The normalized spacial score (nSPS) is 16.5. The van der Waals surface area contributed by atoms with E-state index in [0.717, 1.165) is 24.2 Å². The highest BCUT2D eigenvalue weighted by molar-refractivity contribution is 5.93. The van der Waals surface area contributed by atoms with Crippen LogP contribution in [-0.2, 0) is 0 Å². The molecular formula is C19H20N6O2. The van der Waals surface area contributed by atoms with E-state index in [-0.39, 0.29) is 11.9 Å². The summed E-state index contributed by atoms with van der Waals surface area (Å²) in [4.78, 5) is 32.2. The molecule has 1 saturated heterocycles. The number of carbonyl (C=O) groups excluding carboxylic acids is 1. The number of oxazole rings is 1. The van der Waals surface area contributed by atoms with Crippen molar-refractivity contribution in [2.45, 2.75) is 32.7 Å². The maximum Gasteiger partial charge on any atom is 0.276 e. The molecule has 1 N–H and O–H groups in total. The van der Waals surface area contributed by atoms with Gasteiger partial charge in [-0.25, -0.2) is 15.0 Å². The van der Waals surface area contributed by atoms with Gasteiger partial charge in [0.25, 0.3) is 5.91 Å². The fraction of sp³-hybridized carbons (Fsp3) is 0.316. The molecular weight excluding hydrogens is 344 g/mol. The Hall–Kier alpha value is -3.29. The van der Waals surface area contributed by atoms with Crippen LogP contribution in [0.25, 0.3) is 0 Å². The average Bonchev–Trinajstić information content (AvgIpc) is 3.31. The Balaban J connectivity index is 1.64. The Kier molecular flexibility index (Phi) is 4.53. The van der Waals surface area contributed by atoms with Crippen LogP contribution in [0.4, 0.5) is 11.6 Å². The van der Waals surface area contributed by atoms with Gasteiger partial charge in [0.15, 0.2) is 17.9 Å². The molecule has 1 fully saturated rings. The van der Waals surface area contributed by atoms with Crippen LogP contribution in [0.15, 0.2) is 41.4 Å². The van der Waals surface area contributed by atoms with Crippen molar-refractivity contribution in [2.75, 3.05) is 11.9 Å². The summed E-state index contributed by atoms with van der Waals surface area (Å²) in [5.41, 5.74) is 1.98. The van der Waals surface area contributed by atoms with E-state index in [1.54, 1.807) is 24.2 Å². The summed E-state index contributed by atoms with van der Waals surface area (Å²) >= 11 is 0. The van der Waals surface area contributed by atoms with Gasteiger partial charge in [-0.2, -0.15) is 0 Å². The lowest BCUT2D eigenvalue weighted by Crippen LogP contribution is -2.32. The molecule has 1 aliphatic rings. The molecule has 27 heavy (non-hydrogen) atoms. The van der Waals surface area contributed by atoms with Crippen molar-refractivity contribution >= 4 is 17.5 Å². The van der Waals surface area contributed by atoms with Crippen LogP contribution in [0.1, 0.15) is 46.5 Å². The van der Waals surface area contributed by atoms with E-state index in [4.69, 9.17) is 4.42 Å². The topological polar surface area (TPSA) is 97.0 Å². The van der Waals surface area contributed by atoms with E-state index in [9.17, 15) is 4.79 Å². The number of anilines is 2. The Bertz CT molecular complexity index is 970. The fourth-order valence-corrected chi connectivity index (χ4v) is 3.36. The molecule has 1 atom stereocenters. The Labute approximate surface area is 156 Å². The monoisotopic (exact) mass is 364 g/mol. The van der Waals surface area contributed by atoms with E-state index in [2.05, 4.69) is 25.3 Å². The van der Waals surface area contributed by atoms with Crippen molar-refractivity contribution in [3.05, 3.63) is 59.8 Å². The van der Waals surface area contributed by atoms with Crippen molar-refractivity contribution in [3.8, 4) is 0 Å². The summed E-state index contributed by atoms with van der Waals surface area (Å²) < 4.78 is 5.19.